The van der Waals surface area contributed by atoms with Gasteiger partial charge in [0.1, 0.15) is 11.3 Å². The zero-order valence-corrected chi connectivity index (χ0v) is 12.7. The average molecular weight is 349 g/mol. The summed E-state index contributed by atoms with van der Waals surface area (Å²) in [4.78, 5) is 33.8. The fourth-order valence-electron chi connectivity index (χ4n) is 2.30. The number of benzene rings is 1. The maximum atomic E-state index is 11.9. The van der Waals surface area contributed by atoms with Gasteiger partial charge in [0.2, 0.25) is 0 Å². The summed E-state index contributed by atoms with van der Waals surface area (Å²) in [5.41, 5.74) is -0.925. The van der Waals surface area contributed by atoms with E-state index >= 15 is 0 Å². The van der Waals surface area contributed by atoms with Crippen LogP contribution in [0.15, 0.2) is 50.5 Å². The molecule has 0 amide bonds. The van der Waals surface area contributed by atoms with Crippen LogP contribution in [0, 0.1) is 10.1 Å². The molecule has 2 aromatic heterocycles. The summed E-state index contributed by atoms with van der Waals surface area (Å²) >= 11 is 5.87. The topological polar surface area (TPSA) is 116 Å². The van der Waals surface area contributed by atoms with Crippen LogP contribution in [-0.2, 0) is 6.54 Å². The van der Waals surface area contributed by atoms with Gasteiger partial charge in [-0.25, -0.2) is 4.79 Å². The van der Waals surface area contributed by atoms with Crippen LogP contribution in [0.4, 0.5) is 5.69 Å². The number of hydrogen-bond donors (Lipinski definition) is 1. The molecule has 0 aliphatic rings. The molecular formula is C15H9ClN2O6. The van der Waals surface area contributed by atoms with Gasteiger partial charge in [0.25, 0.3) is 11.2 Å². The standard InChI is InChI=1S/C15H9ClN2O6/c16-11-4-10-8(3-15(21)24-13(10)5-12(11)19)6-17-7-9(18(22)23)1-2-14(17)20/h1-5,7,19H,6H2. The predicted octanol–water partition coefficient (Wildman–Crippen LogP) is 2.27. The van der Waals surface area contributed by atoms with Crippen LogP contribution in [0.3, 0.4) is 0 Å². The second-order valence-corrected chi connectivity index (χ2v) is 5.41. The van der Waals surface area contributed by atoms with Crippen molar-refractivity contribution in [2.75, 3.05) is 0 Å². The van der Waals surface area contributed by atoms with Gasteiger partial charge in [0.15, 0.2) is 0 Å². The van der Waals surface area contributed by atoms with Crippen molar-refractivity contribution in [2.24, 2.45) is 0 Å². The van der Waals surface area contributed by atoms with E-state index in [4.69, 9.17) is 16.0 Å². The second kappa shape index (κ2) is 5.82. The number of nitrogens with zero attached hydrogens (tertiary/aromatic N) is 2. The third-order valence-corrected chi connectivity index (χ3v) is 3.72. The molecule has 0 unspecified atom stereocenters. The number of fused-ring (bicyclic) bond motifs is 1. The maximum Gasteiger partial charge on any atom is 0.336 e. The Balaban J connectivity index is 2.19. The van der Waals surface area contributed by atoms with Crippen molar-refractivity contribution in [2.45, 2.75) is 6.54 Å². The number of aromatic hydroxyl groups is 1. The van der Waals surface area contributed by atoms with Crippen molar-refractivity contribution >= 4 is 28.3 Å². The van der Waals surface area contributed by atoms with E-state index in [-0.39, 0.29) is 28.6 Å². The summed E-state index contributed by atoms with van der Waals surface area (Å²) in [6, 6.07) is 5.93. The summed E-state index contributed by atoms with van der Waals surface area (Å²) in [6.45, 7) is -0.0935. The minimum absolute atomic E-state index is 0.0454. The lowest BCUT2D eigenvalue weighted by Gasteiger charge is -2.09. The number of pyridine rings is 1. The molecule has 0 bridgehead atoms. The molecule has 8 nitrogen and oxygen atoms in total. The van der Waals surface area contributed by atoms with E-state index in [0.29, 0.717) is 10.9 Å². The van der Waals surface area contributed by atoms with E-state index < -0.39 is 16.1 Å². The first-order valence-corrected chi connectivity index (χ1v) is 7.03. The van der Waals surface area contributed by atoms with E-state index in [1.807, 2.05) is 0 Å². The number of phenolic OH excluding ortho intramolecular Hbond substituents is 1. The van der Waals surface area contributed by atoms with Crippen LogP contribution in [0.25, 0.3) is 11.0 Å². The first-order valence-electron chi connectivity index (χ1n) is 6.65. The molecule has 0 aliphatic heterocycles. The number of hydrogen-bond acceptors (Lipinski definition) is 6. The summed E-state index contributed by atoms with van der Waals surface area (Å²) in [7, 11) is 0. The first kappa shape index (κ1) is 15.8. The molecule has 0 spiro atoms. The molecular weight excluding hydrogens is 340 g/mol. The van der Waals surface area contributed by atoms with Gasteiger partial charge in [-0.1, -0.05) is 11.6 Å². The Kier molecular flexibility index (Phi) is 3.82. The highest BCUT2D eigenvalue weighted by Gasteiger charge is 2.13. The lowest BCUT2D eigenvalue weighted by Crippen LogP contribution is -2.20. The monoisotopic (exact) mass is 348 g/mol. The van der Waals surface area contributed by atoms with Crippen molar-refractivity contribution in [3.05, 3.63) is 78.0 Å². The quantitative estimate of drug-likeness (QED) is 0.441. The molecule has 0 fully saturated rings. The van der Waals surface area contributed by atoms with Crippen LogP contribution in [0.1, 0.15) is 5.56 Å². The molecule has 9 heteroatoms. The van der Waals surface area contributed by atoms with Crippen LogP contribution < -0.4 is 11.2 Å². The third-order valence-electron chi connectivity index (χ3n) is 3.42. The Bertz CT molecular complexity index is 1090. The summed E-state index contributed by atoms with van der Waals surface area (Å²) in [5.74, 6) is -0.253. The SMILES string of the molecule is O=c1cc(Cn2cc([N+](=O)[O-])ccc2=O)c2cc(Cl)c(O)cc2o1. The lowest BCUT2D eigenvalue weighted by atomic mass is 10.1. The highest BCUT2D eigenvalue weighted by atomic mass is 35.5. The van der Waals surface area contributed by atoms with Gasteiger partial charge >= 0.3 is 5.63 Å². The molecule has 1 aromatic carbocycles. The Hall–Kier alpha value is -3.13. The molecule has 2 heterocycles. The van der Waals surface area contributed by atoms with Gasteiger partial charge in [-0.3, -0.25) is 14.9 Å². The Morgan fingerprint density at radius 1 is 1.25 bits per heavy atom. The Labute approximate surface area is 138 Å². The maximum absolute atomic E-state index is 11.9. The number of aromatic nitrogens is 1. The fourth-order valence-corrected chi connectivity index (χ4v) is 2.46. The van der Waals surface area contributed by atoms with E-state index in [0.717, 1.165) is 22.9 Å². The molecule has 0 atom stereocenters. The summed E-state index contributed by atoms with van der Waals surface area (Å²) < 4.78 is 6.10. The van der Waals surface area contributed by atoms with Crippen molar-refractivity contribution in [3.63, 3.8) is 0 Å². The number of nitro groups is 1. The van der Waals surface area contributed by atoms with Crippen molar-refractivity contribution in [1.29, 1.82) is 0 Å². The van der Waals surface area contributed by atoms with E-state index in [9.17, 15) is 24.8 Å². The summed E-state index contributed by atoms with van der Waals surface area (Å²) in [6.07, 6.45) is 1.09. The van der Waals surface area contributed by atoms with Gasteiger partial charge in [0.05, 0.1) is 22.7 Å². The smallest absolute Gasteiger partial charge is 0.336 e. The minimum atomic E-state index is -0.683. The molecule has 0 radical (unpaired) electrons. The largest absolute Gasteiger partial charge is 0.506 e. The molecule has 1 N–H and O–H groups in total. The first-order chi connectivity index (χ1) is 11.3. The predicted molar refractivity (Wildman–Crippen MR) is 85.6 cm³/mol. The van der Waals surface area contributed by atoms with E-state index in [2.05, 4.69) is 0 Å². The average Bonchev–Trinajstić information content (AvgIpc) is 2.51. The number of halogens is 1. The lowest BCUT2D eigenvalue weighted by molar-refractivity contribution is -0.385. The van der Waals surface area contributed by atoms with E-state index in [1.165, 1.54) is 18.2 Å². The van der Waals surface area contributed by atoms with Gasteiger partial charge in [0, 0.05) is 29.7 Å². The van der Waals surface area contributed by atoms with Crippen LogP contribution >= 0.6 is 11.6 Å². The van der Waals surface area contributed by atoms with Gasteiger partial charge in [-0.05, 0) is 11.6 Å². The molecule has 0 saturated carbocycles. The van der Waals surface area contributed by atoms with Crippen LogP contribution in [0.2, 0.25) is 5.02 Å². The molecule has 3 aromatic rings. The zero-order chi connectivity index (χ0) is 17.4. The zero-order valence-electron chi connectivity index (χ0n) is 11.9. The molecule has 24 heavy (non-hydrogen) atoms. The van der Waals surface area contributed by atoms with Crippen LogP contribution in [0.5, 0.6) is 5.75 Å². The normalized spacial score (nSPS) is 10.9. The number of rotatable bonds is 3. The van der Waals surface area contributed by atoms with Crippen molar-refractivity contribution in [1.82, 2.24) is 4.57 Å². The van der Waals surface area contributed by atoms with E-state index in [1.54, 1.807) is 0 Å². The molecule has 0 saturated heterocycles. The Morgan fingerprint density at radius 3 is 2.71 bits per heavy atom. The second-order valence-electron chi connectivity index (χ2n) is 5.00. The van der Waals surface area contributed by atoms with Crippen molar-refractivity contribution < 1.29 is 14.4 Å². The number of phenols is 1. The molecule has 122 valence electrons. The van der Waals surface area contributed by atoms with Gasteiger partial charge in [-0.2, -0.15) is 0 Å². The fraction of sp³-hybridized carbons (Fsp3) is 0.0667. The third kappa shape index (κ3) is 2.86. The van der Waals surface area contributed by atoms with Gasteiger partial charge < -0.3 is 14.1 Å². The van der Waals surface area contributed by atoms with Crippen LogP contribution in [-0.4, -0.2) is 14.6 Å². The highest BCUT2D eigenvalue weighted by molar-refractivity contribution is 6.32. The molecule has 0 aliphatic carbocycles. The molecule has 3 rings (SSSR count). The Morgan fingerprint density at radius 2 is 2.00 bits per heavy atom. The highest BCUT2D eigenvalue weighted by Crippen LogP contribution is 2.30. The summed E-state index contributed by atoms with van der Waals surface area (Å²) in [5, 5.41) is 20.9. The van der Waals surface area contributed by atoms with Crippen molar-refractivity contribution in [3.8, 4) is 5.75 Å². The minimum Gasteiger partial charge on any atom is -0.506 e. The van der Waals surface area contributed by atoms with Gasteiger partial charge in [-0.15, -0.1) is 0 Å².